The molecule has 1 saturated heterocycles. The van der Waals surface area contributed by atoms with Crippen molar-refractivity contribution in [2.45, 2.75) is 19.8 Å². The van der Waals surface area contributed by atoms with Crippen molar-refractivity contribution in [1.82, 2.24) is 5.32 Å². The van der Waals surface area contributed by atoms with Gasteiger partial charge in [-0.25, -0.2) is 0 Å². The Morgan fingerprint density at radius 2 is 2.42 bits per heavy atom. The summed E-state index contributed by atoms with van der Waals surface area (Å²) in [4.78, 5) is 11.0. The van der Waals surface area contributed by atoms with Gasteiger partial charge < -0.3 is 10.1 Å². The molecular weight excluding hydrogens is 154 g/mol. The van der Waals surface area contributed by atoms with Gasteiger partial charge in [-0.1, -0.05) is 6.92 Å². The number of hydrogen-bond acceptors (Lipinski definition) is 3. The number of ether oxygens (including phenoxy) is 1. The summed E-state index contributed by atoms with van der Waals surface area (Å²) in [7, 11) is 1.45. The first-order chi connectivity index (χ1) is 5.74. The van der Waals surface area contributed by atoms with E-state index in [1.165, 1.54) is 13.5 Å². The van der Waals surface area contributed by atoms with Crippen molar-refractivity contribution in [2.75, 3.05) is 20.2 Å². The van der Waals surface area contributed by atoms with Gasteiger partial charge in [0.25, 0.3) is 0 Å². The fourth-order valence-electron chi connectivity index (χ4n) is 1.62. The van der Waals surface area contributed by atoms with E-state index < -0.39 is 0 Å². The molecule has 3 heteroatoms. The molecule has 0 bridgehead atoms. The lowest BCUT2D eigenvalue weighted by molar-refractivity contribution is -0.142. The van der Waals surface area contributed by atoms with Crippen molar-refractivity contribution < 1.29 is 9.53 Å². The number of nitrogens with one attached hydrogen (secondary N) is 1. The highest BCUT2D eigenvalue weighted by molar-refractivity contribution is 5.69. The first-order valence-corrected chi connectivity index (χ1v) is 4.51. The molecule has 0 aromatic heterocycles. The number of hydrogen-bond donors (Lipinski definition) is 1. The molecule has 0 amide bonds. The van der Waals surface area contributed by atoms with E-state index in [4.69, 9.17) is 0 Å². The summed E-state index contributed by atoms with van der Waals surface area (Å²) in [6.45, 7) is 4.24. The standard InChI is InChI=1S/C9H17NO2/c1-7-3-4-10-6-8(7)5-9(11)12-2/h7-8,10H,3-6H2,1-2H3. The molecule has 1 rings (SSSR count). The van der Waals surface area contributed by atoms with Crippen LogP contribution in [0.4, 0.5) is 0 Å². The molecule has 2 unspecified atom stereocenters. The van der Waals surface area contributed by atoms with Crippen molar-refractivity contribution in [3.8, 4) is 0 Å². The van der Waals surface area contributed by atoms with E-state index in [1.54, 1.807) is 0 Å². The monoisotopic (exact) mass is 171 g/mol. The van der Waals surface area contributed by atoms with Crippen LogP contribution >= 0.6 is 0 Å². The number of methoxy groups -OCH3 is 1. The molecule has 0 aromatic rings. The minimum absolute atomic E-state index is 0.0875. The molecule has 1 aliphatic rings. The normalized spacial score (nSPS) is 29.8. The van der Waals surface area contributed by atoms with Crippen LogP contribution in [0.3, 0.4) is 0 Å². The third kappa shape index (κ3) is 2.48. The maximum atomic E-state index is 11.0. The van der Waals surface area contributed by atoms with Crippen LogP contribution in [-0.4, -0.2) is 26.2 Å². The molecule has 1 aliphatic heterocycles. The van der Waals surface area contributed by atoms with Crippen LogP contribution in [0.5, 0.6) is 0 Å². The van der Waals surface area contributed by atoms with Crippen LogP contribution in [0.1, 0.15) is 19.8 Å². The highest BCUT2D eigenvalue weighted by Gasteiger charge is 2.23. The average molecular weight is 171 g/mol. The van der Waals surface area contributed by atoms with Gasteiger partial charge in [-0.2, -0.15) is 0 Å². The van der Waals surface area contributed by atoms with Gasteiger partial charge in [0.2, 0.25) is 0 Å². The molecule has 2 atom stereocenters. The minimum atomic E-state index is -0.0875. The second-order valence-electron chi connectivity index (χ2n) is 3.51. The smallest absolute Gasteiger partial charge is 0.305 e. The van der Waals surface area contributed by atoms with Gasteiger partial charge in [-0.15, -0.1) is 0 Å². The predicted molar refractivity (Wildman–Crippen MR) is 46.8 cm³/mol. The molecule has 3 nitrogen and oxygen atoms in total. The van der Waals surface area contributed by atoms with Crippen LogP contribution in [0, 0.1) is 11.8 Å². The van der Waals surface area contributed by atoms with Crippen LogP contribution in [-0.2, 0) is 9.53 Å². The number of carbonyl (C=O) groups excluding carboxylic acids is 1. The molecule has 0 radical (unpaired) electrons. The first kappa shape index (κ1) is 9.52. The van der Waals surface area contributed by atoms with Gasteiger partial charge in [0.05, 0.1) is 7.11 Å². The van der Waals surface area contributed by atoms with E-state index in [9.17, 15) is 4.79 Å². The molecule has 1 fully saturated rings. The molecule has 1 N–H and O–H groups in total. The summed E-state index contributed by atoms with van der Waals surface area (Å²) in [5, 5.41) is 3.29. The van der Waals surface area contributed by atoms with Crippen LogP contribution in [0.15, 0.2) is 0 Å². The van der Waals surface area contributed by atoms with Gasteiger partial charge in [0, 0.05) is 6.42 Å². The third-order valence-electron chi connectivity index (χ3n) is 2.64. The maximum Gasteiger partial charge on any atom is 0.305 e. The lowest BCUT2D eigenvalue weighted by atomic mass is 9.86. The second kappa shape index (κ2) is 4.45. The third-order valence-corrected chi connectivity index (χ3v) is 2.64. The molecule has 0 spiro atoms. The first-order valence-electron chi connectivity index (χ1n) is 4.51. The van der Waals surface area contributed by atoms with Crippen LogP contribution in [0.25, 0.3) is 0 Å². The van der Waals surface area contributed by atoms with Crippen molar-refractivity contribution in [3.63, 3.8) is 0 Å². The van der Waals surface area contributed by atoms with E-state index in [0.29, 0.717) is 18.3 Å². The zero-order valence-electron chi connectivity index (χ0n) is 7.80. The zero-order chi connectivity index (χ0) is 8.97. The largest absolute Gasteiger partial charge is 0.469 e. The Hall–Kier alpha value is -0.570. The Balaban J connectivity index is 2.33. The fraction of sp³-hybridized carbons (Fsp3) is 0.889. The Morgan fingerprint density at radius 3 is 3.00 bits per heavy atom. The Labute approximate surface area is 73.5 Å². The number of esters is 1. The van der Waals surface area contributed by atoms with Crippen molar-refractivity contribution in [2.24, 2.45) is 11.8 Å². The minimum Gasteiger partial charge on any atom is -0.469 e. The number of rotatable bonds is 2. The van der Waals surface area contributed by atoms with E-state index in [0.717, 1.165) is 13.1 Å². The molecular formula is C9H17NO2. The lowest BCUT2D eigenvalue weighted by Crippen LogP contribution is -2.36. The summed E-state index contributed by atoms with van der Waals surface area (Å²) in [5.74, 6) is 1.02. The zero-order valence-corrected chi connectivity index (χ0v) is 7.80. The van der Waals surface area contributed by atoms with Gasteiger partial charge in [0.1, 0.15) is 0 Å². The second-order valence-corrected chi connectivity index (χ2v) is 3.51. The molecule has 0 saturated carbocycles. The van der Waals surface area contributed by atoms with Crippen molar-refractivity contribution in [3.05, 3.63) is 0 Å². The molecule has 70 valence electrons. The van der Waals surface area contributed by atoms with E-state index in [1.807, 2.05) is 0 Å². The van der Waals surface area contributed by atoms with E-state index >= 15 is 0 Å². The van der Waals surface area contributed by atoms with Crippen molar-refractivity contribution in [1.29, 1.82) is 0 Å². The maximum absolute atomic E-state index is 11.0. The summed E-state index contributed by atoms with van der Waals surface area (Å²) in [6.07, 6.45) is 1.73. The molecule has 12 heavy (non-hydrogen) atoms. The van der Waals surface area contributed by atoms with Gasteiger partial charge >= 0.3 is 5.97 Å². The lowest BCUT2D eigenvalue weighted by Gasteiger charge is -2.28. The summed E-state index contributed by atoms with van der Waals surface area (Å²) in [5.41, 5.74) is 0. The van der Waals surface area contributed by atoms with E-state index in [-0.39, 0.29) is 5.97 Å². The molecule has 0 aromatic carbocycles. The summed E-state index contributed by atoms with van der Waals surface area (Å²) >= 11 is 0. The van der Waals surface area contributed by atoms with Gasteiger partial charge in [-0.05, 0) is 31.3 Å². The van der Waals surface area contributed by atoms with Gasteiger partial charge in [-0.3, -0.25) is 4.79 Å². The SMILES string of the molecule is COC(=O)CC1CNCCC1C. The molecule has 0 aliphatic carbocycles. The Morgan fingerprint density at radius 1 is 1.67 bits per heavy atom. The summed E-state index contributed by atoms with van der Waals surface area (Å²) in [6, 6.07) is 0. The molecule has 1 heterocycles. The van der Waals surface area contributed by atoms with Crippen molar-refractivity contribution >= 4 is 5.97 Å². The predicted octanol–water partition coefficient (Wildman–Crippen LogP) is 0.795. The fourth-order valence-corrected chi connectivity index (χ4v) is 1.62. The highest BCUT2D eigenvalue weighted by Crippen LogP contribution is 2.21. The highest BCUT2D eigenvalue weighted by atomic mass is 16.5. The van der Waals surface area contributed by atoms with Crippen LogP contribution < -0.4 is 5.32 Å². The van der Waals surface area contributed by atoms with Crippen LogP contribution in [0.2, 0.25) is 0 Å². The number of carbonyl (C=O) groups is 1. The van der Waals surface area contributed by atoms with Gasteiger partial charge in [0.15, 0.2) is 0 Å². The topological polar surface area (TPSA) is 38.3 Å². The quantitative estimate of drug-likeness (QED) is 0.624. The Bertz CT molecular complexity index is 159. The Kier molecular flexibility index (Phi) is 3.53. The summed E-state index contributed by atoms with van der Waals surface area (Å²) < 4.78 is 4.63. The number of piperidine rings is 1. The van der Waals surface area contributed by atoms with E-state index in [2.05, 4.69) is 17.0 Å². The average Bonchev–Trinajstić information content (AvgIpc) is 2.09.